The maximum atomic E-state index is 14.5. The first-order valence-electron chi connectivity index (χ1n) is 9.97. The number of nitro benzene ring substituents is 1. The Morgan fingerprint density at radius 2 is 1.82 bits per heavy atom. The summed E-state index contributed by atoms with van der Waals surface area (Å²) in [4.78, 5) is 23.0. The van der Waals surface area contributed by atoms with Gasteiger partial charge in [-0.15, -0.1) is 10.2 Å². The van der Waals surface area contributed by atoms with E-state index in [0.717, 1.165) is 11.8 Å². The lowest BCUT2D eigenvalue weighted by Gasteiger charge is -2.11. The fourth-order valence-corrected chi connectivity index (χ4v) is 3.93. The van der Waals surface area contributed by atoms with Gasteiger partial charge in [-0.25, -0.2) is 8.78 Å². The molecule has 0 aliphatic carbocycles. The van der Waals surface area contributed by atoms with Crippen LogP contribution in [0.1, 0.15) is 5.56 Å². The first-order chi connectivity index (χ1) is 16.3. The molecule has 1 N–H and O–H groups in total. The largest absolute Gasteiger partial charge is 0.325 e. The summed E-state index contributed by atoms with van der Waals surface area (Å²) in [7, 11) is 0. The molecule has 0 radical (unpaired) electrons. The monoisotopic (exact) mass is 481 g/mol. The number of nitrogens with zero attached hydrogens (tertiary/aromatic N) is 4. The van der Waals surface area contributed by atoms with Crippen molar-refractivity contribution >= 4 is 29.0 Å². The second-order valence-corrected chi connectivity index (χ2v) is 8.13. The van der Waals surface area contributed by atoms with Gasteiger partial charge in [0.25, 0.3) is 5.69 Å². The molecule has 3 aromatic carbocycles. The summed E-state index contributed by atoms with van der Waals surface area (Å²) in [6, 6.07) is 15.7. The van der Waals surface area contributed by atoms with E-state index in [0.29, 0.717) is 16.9 Å². The lowest BCUT2D eigenvalue weighted by molar-refractivity contribution is -0.384. The first-order valence-corrected chi connectivity index (χ1v) is 11.0. The van der Waals surface area contributed by atoms with Crippen LogP contribution >= 0.6 is 11.8 Å². The lowest BCUT2D eigenvalue weighted by atomic mass is 10.2. The number of benzene rings is 3. The van der Waals surface area contributed by atoms with E-state index < -0.39 is 22.5 Å². The van der Waals surface area contributed by atoms with Crippen LogP contribution in [0, 0.1) is 28.7 Å². The number of non-ortho nitro benzene ring substituents is 1. The maximum absolute atomic E-state index is 14.5. The highest BCUT2D eigenvalue weighted by Gasteiger charge is 2.20. The summed E-state index contributed by atoms with van der Waals surface area (Å²) >= 11 is 1.04. The van der Waals surface area contributed by atoms with Crippen molar-refractivity contribution in [2.75, 3.05) is 11.1 Å². The van der Waals surface area contributed by atoms with Gasteiger partial charge in [-0.1, -0.05) is 30.0 Å². The number of anilines is 1. The van der Waals surface area contributed by atoms with Crippen LogP contribution in [0.25, 0.3) is 17.1 Å². The molecular weight excluding hydrogens is 464 g/mol. The van der Waals surface area contributed by atoms with Gasteiger partial charge in [0.05, 0.1) is 21.9 Å². The molecule has 0 spiro atoms. The van der Waals surface area contributed by atoms with Gasteiger partial charge in [-0.3, -0.25) is 19.5 Å². The number of carbonyl (C=O) groups excluding carboxylic acids is 1. The van der Waals surface area contributed by atoms with Crippen LogP contribution in [0.2, 0.25) is 0 Å². The second kappa shape index (κ2) is 9.79. The van der Waals surface area contributed by atoms with E-state index in [2.05, 4.69) is 15.5 Å². The molecule has 4 aromatic rings. The number of carbonyl (C=O) groups is 1. The molecule has 172 valence electrons. The SMILES string of the molecule is Cc1ccc([N+](=O)[O-])cc1NC(=O)CSc1nnc(-c2ccccc2F)n1-c1ccc(F)cc1. The second-order valence-electron chi connectivity index (χ2n) is 7.19. The van der Waals surface area contributed by atoms with Crippen LogP contribution in [0.15, 0.2) is 71.9 Å². The van der Waals surface area contributed by atoms with E-state index in [4.69, 9.17) is 0 Å². The summed E-state index contributed by atoms with van der Waals surface area (Å²) in [5.41, 5.74) is 1.54. The predicted octanol–water partition coefficient (Wildman–Crippen LogP) is 5.16. The topological polar surface area (TPSA) is 103 Å². The van der Waals surface area contributed by atoms with Crippen molar-refractivity contribution in [3.8, 4) is 17.1 Å². The van der Waals surface area contributed by atoms with Crippen LogP contribution < -0.4 is 5.32 Å². The Bertz CT molecular complexity index is 1380. The molecule has 1 aromatic heterocycles. The summed E-state index contributed by atoms with van der Waals surface area (Å²) < 4.78 is 29.5. The molecule has 0 saturated heterocycles. The molecule has 0 aliphatic heterocycles. The van der Waals surface area contributed by atoms with Crippen LogP contribution in [-0.2, 0) is 4.79 Å². The van der Waals surface area contributed by atoms with Gasteiger partial charge in [0, 0.05) is 17.8 Å². The molecule has 0 saturated carbocycles. The van der Waals surface area contributed by atoms with Gasteiger partial charge in [0.1, 0.15) is 11.6 Å². The minimum Gasteiger partial charge on any atom is -0.325 e. The Hall–Kier alpha value is -4.12. The van der Waals surface area contributed by atoms with Crippen molar-refractivity contribution in [2.24, 2.45) is 0 Å². The number of amides is 1. The zero-order valence-corrected chi connectivity index (χ0v) is 18.6. The fraction of sp³-hybridized carbons (Fsp3) is 0.0870. The van der Waals surface area contributed by atoms with Gasteiger partial charge in [0.15, 0.2) is 11.0 Å². The number of hydrogen-bond acceptors (Lipinski definition) is 6. The van der Waals surface area contributed by atoms with Gasteiger partial charge in [-0.2, -0.15) is 0 Å². The third kappa shape index (κ3) is 4.94. The van der Waals surface area contributed by atoms with Crippen molar-refractivity contribution in [3.63, 3.8) is 0 Å². The highest BCUT2D eigenvalue weighted by Crippen LogP contribution is 2.30. The molecule has 8 nitrogen and oxygen atoms in total. The minimum absolute atomic E-state index is 0.0985. The zero-order chi connectivity index (χ0) is 24.2. The minimum atomic E-state index is -0.542. The first kappa shape index (κ1) is 23.1. The molecule has 34 heavy (non-hydrogen) atoms. The molecule has 0 unspecified atom stereocenters. The van der Waals surface area contributed by atoms with Crippen LogP contribution in [0.3, 0.4) is 0 Å². The molecule has 0 bridgehead atoms. The van der Waals surface area contributed by atoms with Gasteiger partial charge in [-0.05, 0) is 48.9 Å². The quantitative estimate of drug-likeness (QED) is 0.222. The Labute approximate surface area is 196 Å². The van der Waals surface area contributed by atoms with E-state index in [-0.39, 0.29) is 28.0 Å². The number of nitrogens with one attached hydrogen (secondary N) is 1. The normalized spacial score (nSPS) is 10.8. The molecule has 1 heterocycles. The number of aryl methyl sites for hydroxylation is 1. The Kier molecular flexibility index (Phi) is 6.64. The number of rotatable bonds is 7. The Balaban J connectivity index is 1.61. The standard InChI is InChI=1S/C23H17F2N5O3S/c1-14-6-9-17(30(32)33)12-20(14)26-21(31)13-34-23-28-27-22(18-4-2-3-5-19(18)25)29(23)16-10-7-15(24)8-11-16/h2-12H,13H2,1H3,(H,26,31). The van der Waals surface area contributed by atoms with Gasteiger partial charge >= 0.3 is 0 Å². The summed E-state index contributed by atoms with van der Waals surface area (Å²) in [6.45, 7) is 1.72. The molecule has 4 rings (SSSR count). The molecule has 11 heteroatoms. The molecule has 1 amide bonds. The summed E-state index contributed by atoms with van der Waals surface area (Å²) in [5.74, 6) is -1.27. The lowest BCUT2D eigenvalue weighted by Crippen LogP contribution is -2.15. The van der Waals surface area contributed by atoms with Gasteiger partial charge < -0.3 is 5.32 Å². The summed E-state index contributed by atoms with van der Waals surface area (Å²) in [5, 5.41) is 22.2. The number of thioether (sulfide) groups is 1. The van der Waals surface area contributed by atoms with E-state index in [1.54, 1.807) is 31.2 Å². The highest BCUT2D eigenvalue weighted by molar-refractivity contribution is 7.99. The average molecular weight is 481 g/mol. The average Bonchev–Trinajstić information content (AvgIpc) is 3.23. The summed E-state index contributed by atoms with van der Waals surface area (Å²) in [6.07, 6.45) is 0. The smallest absolute Gasteiger partial charge is 0.271 e. The van der Waals surface area contributed by atoms with E-state index in [9.17, 15) is 23.7 Å². The third-order valence-corrected chi connectivity index (χ3v) is 5.80. The number of nitro groups is 1. The zero-order valence-electron chi connectivity index (χ0n) is 17.7. The molecule has 0 aliphatic rings. The van der Waals surface area contributed by atoms with Crippen molar-refractivity contribution in [2.45, 2.75) is 12.1 Å². The van der Waals surface area contributed by atoms with E-state index in [1.807, 2.05) is 0 Å². The van der Waals surface area contributed by atoms with Crippen LogP contribution in [0.4, 0.5) is 20.2 Å². The van der Waals surface area contributed by atoms with Crippen molar-refractivity contribution in [1.29, 1.82) is 0 Å². The number of halogens is 2. The Morgan fingerprint density at radius 1 is 1.09 bits per heavy atom. The van der Waals surface area contributed by atoms with E-state index in [1.165, 1.54) is 47.0 Å². The number of hydrogen-bond donors (Lipinski definition) is 1. The van der Waals surface area contributed by atoms with Crippen LogP contribution in [0.5, 0.6) is 0 Å². The predicted molar refractivity (Wildman–Crippen MR) is 124 cm³/mol. The maximum Gasteiger partial charge on any atom is 0.271 e. The van der Waals surface area contributed by atoms with Crippen molar-refractivity contribution in [3.05, 3.63) is 94.0 Å². The van der Waals surface area contributed by atoms with Gasteiger partial charge in [0.2, 0.25) is 5.91 Å². The molecular formula is C23H17F2N5O3S. The molecule has 0 fully saturated rings. The highest BCUT2D eigenvalue weighted by atomic mass is 32.2. The van der Waals surface area contributed by atoms with Crippen molar-refractivity contribution < 1.29 is 18.5 Å². The number of aromatic nitrogens is 3. The van der Waals surface area contributed by atoms with E-state index >= 15 is 0 Å². The van der Waals surface area contributed by atoms with Crippen LogP contribution in [-0.4, -0.2) is 31.3 Å². The fourth-order valence-electron chi connectivity index (χ4n) is 3.18. The third-order valence-electron chi connectivity index (χ3n) is 4.87. The molecule has 0 atom stereocenters. The Morgan fingerprint density at radius 3 is 2.53 bits per heavy atom. The van der Waals surface area contributed by atoms with Crippen molar-refractivity contribution in [1.82, 2.24) is 14.8 Å².